The third-order valence-electron chi connectivity index (χ3n) is 3.26. The molecule has 86 valence electrons. The molecule has 2 aromatic rings. The van der Waals surface area contributed by atoms with Gasteiger partial charge in [0, 0.05) is 13.1 Å². The molecule has 0 aliphatic carbocycles. The van der Waals surface area contributed by atoms with Gasteiger partial charge >= 0.3 is 0 Å². The van der Waals surface area contributed by atoms with Crippen molar-refractivity contribution >= 4 is 0 Å². The Morgan fingerprint density at radius 2 is 1.59 bits per heavy atom. The van der Waals surface area contributed by atoms with Crippen molar-refractivity contribution in [2.75, 3.05) is 7.11 Å². The molecule has 2 nitrogen and oxygen atoms in total. The first kappa shape index (κ1) is 10.4. The van der Waals surface area contributed by atoms with Crippen molar-refractivity contribution in [1.29, 1.82) is 0 Å². The van der Waals surface area contributed by atoms with Crippen molar-refractivity contribution in [2.24, 2.45) is 0 Å². The summed E-state index contributed by atoms with van der Waals surface area (Å²) >= 11 is 0. The van der Waals surface area contributed by atoms with Gasteiger partial charge in [-0.15, -0.1) is 0 Å². The van der Waals surface area contributed by atoms with Crippen LogP contribution in [-0.4, -0.2) is 7.11 Å². The van der Waals surface area contributed by atoms with Crippen LogP contribution in [0.15, 0.2) is 42.5 Å². The van der Waals surface area contributed by atoms with Crippen LogP contribution in [0.25, 0.3) is 11.1 Å². The molecular formula is C15H15NO. The van der Waals surface area contributed by atoms with Crippen LogP contribution in [0, 0.1) is 0 Å². The summed E-state index contributed by atoms with van der Waals surface area (Å²) in [7, 11) is 1.69. The van der Waals surface area contributed by atoms with Crippen molar-refractivity contribution in [3.05, 3.63) is 53.6 Å². The average Bonchev–Trinajstić information content (AvgIpc) is 2.86. The lowest BCUT2D eigenvalue weighted by Gasteiger charge is -2.06. The number of fused-ring (bicyclic) bond motifs is 1. The maximum atomic E-state index is 5.17. The number of hydrogen-bond donors (Lipinski definition) is 1. The number of benzene rings is 2. The molecule has 2 aromatic carbocycles. The summed E-state index contributed by atoms with van der Waals surface area (Å²) in [6, 6.07) is 14.9. The Bertz CT molecular complexity index is 531. The molecule has 0 amide bonds. The van der Waals surface area contributed by atoms with Crippen molar-refractivity contribution < 1.29 is 4.74 Å². The van der Waals surface area contributed by atoms with Crippen LogP contribution in [0.2, 0.25) is 0 Å². The summed E-state index contributed by atoms with van der Waals surface area (Å²) in [5.74, 6) is 0.900. The highest BCUT2D eigenvalue weighted by Crippen LogP contribution is 2.26. The Balaban J connectivity index is 1.97. The monoisotopic (exact) mass is 225 g/mol. The minimum Gasteiger partial charge on any atom is -0.497 e. The molecule has 1 aliphatic heterocycles. The van der Waals surface area contributed by atoms with Crippen LogP contribution in [0.4, 0.5) is 0 Å². The second-order valence-corrected chi connectivity index (χ2v) is 4.32. The quantitative estimate of drug-likeness (QED) is 0.848. The first-order valence-electron chi connectivity index (χ1n) is 5.84. The van der Waals surface area contributed by atoms with Crippen molar-refractivity contribution in [3.8, 4) is 16.9 Å². The van der Waals surface area contributed by atoms with E-state index in [1.54, 1.807) is 7.11 Å². The van der Waals surface area contributed by atoms with Gasteiger partial charge in [0.1, 0.15) is 5.75 Å². The Morgan fingerprint density at radius 1 is 0.882 bits per heavy atom. The fourth-order valence-corrected chi connectivity index (χ4v) is 2.26. The summed E-state index contributed by atoms with van der Waals surface area (Å²) in [5.41, 5.74) is 5.34. The Hall–Kier alpha value is -1.80. The van der Waals surface area contributed by atoms with Crippen LogP contribution in [-0.2, 0) is 13.1 Å². The zero-order valence-corrected chi connectivity index (χ0v) is 9.86. The standard InChI is InChI=1S/C15H15NO/c1-17-15-6-4-11(5-7-15)12-2-3-13-9-16-10-14(13)8-12/h2-8,16H,9-10H2,1H3. The largest absolute Gasteiger partial charge is 0.497 e. The molecule has 0 unspecified atom stereocenters. The lowest BCUT2D eigenvalue weighted by molar-refractivity contribution is 0.415. The van der Waals surface area contributed by atoms with Gasteiger partial charge in [-0.25, -0.2) is 0 Å². The summed E-state index contributed by atoms with van der Waals surface area (Å²) in [6.45, 7) is 1.98. The molecule has 0 radical (unpaired) electrons. The molecule has 0 bridgehead atoms. The smallest absolute Gasteiger partial charge is 0.118 e. The van der Waals surface area contributed by atoms with Gasteiger partial charge in [-0.1, -0.05) is 24.3 Å². The second-order valence-electron chi connectivity index (χ2n) is 4.32. The minimum atomic E-state index is 0.900. The highest BCUT2D eigenvalue weighted by molar-refractivity contribution is 5.66. The third-order valence-corrected chi connectivity index (χ3v) is 3.26. The minimum absolute atomic E-state index is 0.900. The van der Waals surface area contributed by atoms with Gasteiger partial charge in [0.2, 0.25) is 0 Å². The van der Waals surface area contributed by atoms with E-state index in [9.17, 15) is 0 Å². The van der Waals surface area contributed by atoms with Crippen LogP contribution >= 0.6 is 0 Å². The number of rotatable bonds is 2. The number of nitrogens with one attached hydrogen (secondary N) is 1. The fourth-order valence-electron chi connectivity index (χ4n) is 2.26. The predicted octanol–water partition coefficient (Wildman–Crippen LogP) is 2.97. The normalized spacial score (nSPS) is 13.5. The van der Waals surface area contributed by atoms with E-state index < -0.39 is 0 Å². The first-order valence-corrected chi connectivity index (χ1v) is 5.84. The van der Waals surface area contributed by atoms with Gasteiger partial charge in [-0.3, -0.25) is 0 Å². The van der Waals surface area contributed by atoms with Gasteiger partial charge in [0.15, 0.2) is 0 Å². The molecule has 0 saturated carbocycles. The zero-order chi connectivity index (χ0) is 11.7. The first-order chi connectivity index (χ1) is 8.36. The van der Waals surface area contributed by atoms with E-state index in [4.69, 9.17) is 4.74 Å². The SMILES string of the molecule is COc1ccc(-c2ccc3c(c2)CNC3)cc1. The van der Waals surface area contributed by atoms with Crippen LogP contribution in [0.5, 0.6) is 5.75 Å². The lowest BCUT2D eigenvalue weighted by atomic mass is 10.0. The molecule has 0 saturated heterocycles. The number of ether oxygens (including phenoxy) is 1. The van der Waals surface area contributed by atoms with E-state index >= 15 is 0 Å². The predicted molar refractivity (Wildman–Crippen MR) is 69.0 cm³/mol. The zero-order valence-electron chi connectivity index (χ0n) is 9.86. The molecule has 1 heterocycles. The summed E-state index contributed by atoms with van der Waals surface area (Å²) in [5, 5.41) is 3.36. The van der Waals surface area contributed by atoms with Gasteiger partial charge in [-0.05, 0) is 40.5 Å². The molecule has 0 fully saturated rings. The Morgan fingerprint density at radius 3 is 2.35 bits per heavy atom. The molecule has 0 spiro atoms. The highest BCUT2D eigenvalue weighted by atomic mass is 16.5. The van der Waals surface area contributed by atoms with E-state index in [1.807, 2.05) is 12.1 Å². The molecule has 3 rings (SSSR count). The molecule has 0 aromatic heterocycles. The molecule has 17 heavy (non-hydrogen) atoms. The topological polar surface area (TPSA) is 21.3 Å². The molecule has 1 aliphatic rings. The average molecular weight is 225 g/mol. The summed E-state index contributed by atoms with van der Waals surface area (Å²) in [4.78, 5) is 0. The van der Waals surface area contributed by atoms with E-state index in [0.717, 1.165) is 18.8 Å². The third kappa shape index (κ3) is 1.92. The van der Waals surface area contributed by atoms with Crippen molar-refractivity contribution in [1.82, 2.24) is 5.32 Å². The molecule has 1 N–H and O–H groups in total. The van der Waals surface area contributed by atoms with Crippen molar-refractivity contribution in [3.63, 3.8) is 0 Å². The van der Waals surface area contributed by atoms with E-state index in [2.05, 4.69) is 35.6 Å². The van der Waals surface area contributed by atoms with E-state index in [-0.39, 0.29) is 0 Å². The summed E-state index contributed by atoms with van der Waals surface area (Å²) in [6.07, 6.45) is 0. The fraction of sp³-hybridized carbons (Fsp3) is 0.200. The Labute approximate surface area is 101 Å². The molecule has 2 heteroatoms. The number of methoxy groups -OCH3 is 1. The van der Waals surface area contributed by atoms with Gasteiger partial charge < -0.3 is 10.1 Å². The Kier molecular flexibility index (Phi) is 2.57. The maximum absolute atomic E-state index is 5.17. The van der Waals surface area contributed by atoms with Gasteiger partial charge in [0.25, 0.3) is 0 Å². The van der Waals surface area contributed by atoms with Gasteiger partial charge in [-0.2, -0.15) is 0 Å². The van der Waals surface area contributed by atoms with Crippen LogP contribution < -0.4 is 10.1 Å². The molecular weight excluding hydrogens is 210 g/mol. The van der Waals surface area contributed by atoms with Crippen molar-refractivity contribution in [2.45, 2.75) is 13.1 Å². The highest BCUT2D eigenvalue weighted by Gasteiger charge is 2.10. The second kappa shape index (κ2) is 4.22. The van der Waals surface area contributed by atoms with E-state index in [0.29, 0.717) is 0 Å². The number of hydrogen-bond acceptors (Lipinski definition) is 2. The van der Waals surface area contributed by atoms with Crippen LogP contribution in [0.3, 0.4) is 0 Å². The molecule has 0 atom stereocenters. The summed E-state index contributed by atoms with van der Waals surface area (Å²) < 4.78 is 5.17. The van der Waals surface area contributed by atoms with Crippen LogP contribution in [0.1, 0.15) is 11.1 Å². The lowest BCUT2D eigenvalue weighted by Crippen LogP contribution is -1.99. The van der Waals surface area contributed by atoms with E-state index in [1.165, 1.54) is 22.3 Å². The maximum Gasteiger partial charge on any atom is 0.118 e. The van der Waals surface area contributed by atoms with Gasteiger partial charge in [0.05, 0.1) is 7.11 Å².